The summed E-state index contributed by atoms with van der Waals surface area (Å²) in [5.74, 6) is 0.411. The van der Waals surface area contributed by atoms with Crippen LogP contribution in [-0.4, -0.2) is 21.0 Å². The number of rotatable bonds is 3. The van der Waals surface area contributed by atoms with E-state index in [0.29, 0.717) is 27.6 Å². The van der Waals surface area contributed by atoms with Crippen molar-refractivity contribution < 1.29 is 14.3 Å². The fraction of sp³-hybridized carbons (Fsp3) is 0.105. The van der Waals surface area contributed by atoms with E-state index >= 15 is 0 Å². The Morgan fingerprint density at radius 1 is 1.12 bits per heavy atom. The summed E-state index contributed by atoms with van der Waals surface area (Å²) in [5.41, 5.74) is 1.72. The van der Waals surface area contributed by atoms with Crippen LogP contribution in [0.3, 0.4) is 0 Å². The second-order valence-electron chi connectivity index (χ2n) is 5.92. The van der Waals surface area contributed by atoms with E-state index in [1.54, 1.807) is 24.3 Å². The molecular formula is C19H14N2O4S. The third-order valence-electron chi connectivity index (χ3n) is 4.29. The number of hydrogen-bond acceptors (Lipinski definition) is 5. The molecule has 0 aliphatic carbocycles. The maximum Gasteiger partial charge on any atom is 0.335 e. The van der Waals surface area contributed by atoms with Gasteiger partial charge < -0.3 is 14.5 Å². The lowest BCUT2D eigenvalue weighted by molar-refractivity contribution is 0.0697. The fourth-order valence-electron chi connectivity index (χ4n) is 2.77. The Morgan fingerprint density at radius 2 is 1.81 bits per heavy atom. The standard InChI is InChI=1S/C19H14N2O4S/c1-9-10(2)26-18-15(9)17(22)20-16(21-18)14-8-7-13(25-14)11-3-5-12(6-4-11)19(23)24/h3-8H,1-2H3,(H,23,24)(H,20,21,22). The van der Waals surface area contributed by atoms with Gasteiger partial charge in [0, 0.05) is 10.4 Å². The second kappa shape index (κ2) is 5.96. The van der Waals surface area contributed by atoms with E-state index < -0.39 is 5.97 Å². The smallest absolute Gasteiger partial charge is 0.335 e. The largest absolute Gasteiger partial charge is 0.478 e. The van der Waals surface area contributed by atoms with Crippen LogP contribution in [0.4, 0.5) is 0 Å². The molecule has 0 unspecified atom stereocenters. The third-order valence-corrected chi connectivity index (χ3v) is 5.40. The van der Waals surface area contributed by atoms with E-state index in [1.165, 1.54) is 23.5 Å². The first-order valence-corrected chi connectivity index (χ1v) is 8.69. The number of nitrogens with zero attached hydrogens (tertiary/aromatic N) is 1. The Labute approximate surface area is 151 Å². The molecule has 0 amide bonds. The molecule has 6 nitrogen and oxygen atoms in total. The number of aromatic nitrogens is 2. The average molecular weight is 366 g/mol. The number of furan rings is 1. The van der Waals surface area contributed by atoms with Crippen molar-refractivity contribution in [3.8, 4) is 22.9 Å². The van der Waals surface area contributed by atoms with Crippen LogP contribution in [0.2, 0.25) is 0 Å². The second-order valence-corrected chi connectivity index (χ2v) is 7.13. The van der Waals surface area contributed by atoms with Crippen molar-refractivity contribution in [2.24, 2.45) is 0 Å². The Bertz CT molecular complexity index is 1200. The highest BCUT2D eigenvalue weighted by atomic mass is 32.1. The van der Waals surface area contributed by atoms with Gasteiger partial charge in [-0.1, -0.05) is 12.1 Å². The minimum Gasteiger partial charge on any atom is -0.478 e. The van der Waals surface area contributed by atoms with E-state index in [1.807, 2.05) is 13.8 Å². The van der Waals surface area contributed by atoms with Gasteiger partial charge in [-0.2, -0.15) is 0 Å². The molecular weight excluding hydrogens is 352 g/mol. The molecule has 1 aromatic carbocycles. The summed E-state index contributed by atoms with van der Waals surface area (Å²) in [6.45, 7) is 3.88. The fourth-order valence-corrected chi connectivity index (χ4v) is 3.80. The molecule has 4 rings (SSSR count). The molecule has 26 heavy (non-hydrogen) atoms. The Kier molecular flexibility index (Phi) is 3.73. The molecule has 0 saturated carbocycles. The highest BCUT2D eigenvalue weighted by molar-refractivity contribution is 7.18. The van der Waals surface area contributed by atoms with Crippen LogP contribution in [-0.2, 0) is 0 Å². The van der Waals surface area contributed by atoms with Crippen molar-refractivity contribution in [2.75, 3.05) is 0 Å². The first-order valence-electron chi connectivity index (χ1n) is 7.88. The monoisotopic (exact) mass is 366 g/mol. The topological polar surface area (TPSA) is 96.2 Å². The summed E-state index contributed by atoms with van der Waals surface area (Å²) in [6, 6.07) is 9.89. The molecule has 3 aromatic heterocycles. The van der Waals surface area contributed by atoms with Crippen LogP contribution in [0, 0.1) is 13.8 Å². The van der Waals surface area contributed by atoms with Crippen molar-refractivity contribution in [3.63, 3.8) is 0 Å². The Morgan fingerprint density at radius 3 is 2.50 bits per heavy atom. The summed E-state index contributed by atoms with van der Waals surface area (Å²) < 4.78 is 5.82. The molecule has 0 radical (unpaired) electrons. The van der Waals surface area contributed by atoms with Crippen molar-refractivity contribution in [2.45, 2.75) is 13.8 Å². The number of aromatic amines is 1. The minimum absolute atomic E-state index is 0.185. The van der Waals surface area contributed by atoms with Gasteiger partial charge in [0.15, 0.2) is 11.6 Å². The van der Waals surface area contributed by atoms with Crippen LogP contribution in [0.5, 0.6) is 0 Å². The molecule has 130 valence electrons. The summed E-state index contributed by atoms with van der Waals surface area (Å²) in [7, 11) is 0. The zero-order chi connectivity index (χ0) is 18.4. The molecule has 0 bridgehead atoms. The zero-order valence-corrected chi connectivity index (χ0v) is 14.8. The first kappa shape index (κ1) is 16.3. The number of aryl methyl sites for hydroxylation is 2. The molecule has 0 fully saturated rings. The summed E-state index contributed by atoms with van der Waals surface area (Å²) in [4.78, 5) is 32.4. The number of carboxylic acids is 1. The maximum atomic E-state index is 12.4. The third kappa shape index (κ3) is 2.62. The van der Waals surface area contributed by atoms with Crippen LogP contribution >= 0.6 is 11.3 Å². The molecule has 4 aromatic rings. The molecule has 0 spiro atoms. The lowest BCUT2D eigenvalue weighted by atomic mass is 10.1. The maximum absolute atomic E-state index is 12.4. The molecule has 2 N–H and O–H groups in total. The number of carboxylic acid groups (broad SMARTS) is 1. The zero-order valence-electron chi connectivity index (χ0n) is 14.0. The van der Waals surface area contributed by atoms with Crippen molar-refractivity contribution in [1.29, 1.82) is 0 Å². The van der Waals surface area contributed by atoms with Gasteiger partial charge in [0.05, 0.1) is 10.9 Å². The van der Waals surface area contributed by atoms with Crippen LogP contribution in [0.1, 0.15) is 20.8 Å². The van der Waals surface area contributed by atoms with E-state index in [4.69, 9.17) is 9.52 Å². The SMILES string of the molecule is Cc1sc2nc(-c3ccc(-c4ccc(C(=O)O)cc4)o3)[nH]c(=O)c2c1C. The number of fused-ring (bicyclic) bond motifs is 1. The van der Waals surface area contributed by atoms with Crippen LogP contribution < -0.4 is 5.56 Å². The molecule has 3 heterocycles. The van der Waals surface area contributed by atoms with Crippen LogP contribution in [0.25, 0.3) is 33.1 Å². The molecule has 7 heteroatoms. The Hall–Kier alpha value is -3.19. The highest BCUT2D eigenvalue weighted by Gasteiger charge is 2.15. The minimum atomic E-state index is -0.978. The van der Waals surface area contributed by atoms with Gasteiger partial charge in [-0.15, -0.1) is 11.3 Å². The average Bonchev–Trinajstić information content (AvgIpc) is 3.21. The predicted octanol–water partition coefficient (Wildman–Crippen LogP) is 4.23. The van der Waals surface area contributed by atoms with Gasteiger partial charge >= 0.3 is 5.97 Å². The van der Waals surface area contributed by atoms with Crippen molar-refractivity contribution in [3.05, 3.63) is 62.8 Å². The molecule has 0 saturated heterocycles. The van der Waals surface area contributed by atoms with Crippen molar-refractivity contribution >= 4 is 27.5 Å². The normalized spacial score (nSPS) is 11.2. The van der Waals surface area contributed by atoms with E-state index in [-0.39, 0.29) is 11.1 Å². The van der Waals surface area contributed by atoms with Crippen molar-refractivity contribution in [1.82, 2.24) is 9.97 Å². The number of nitrogens with one attached hydrogen (secondary N) is 1. The number of aromatic carboxylic acids is 1. The van der Waals surface area contributed by atoms with Gasteiger partial charge in [-0.05, 0) is 43.7 Å². The number of hydrogen-bond donors (Lipinski definition) is 2. The predicted molar refractivity (Wildman–Crippen MR) is 99.8 cm³/mol. The van der Waals surface area contributed by atoms with Gasteiger partial charge in [-0.3, -0.25) is 4.79 Å². The number of benzene rings is 1. The van der Waals surface area contributed by atoms with E-state index in [2.05, 4.69) is 9.97 Å². The quantitative estimate of drug-likeness (QED) is 0.566. The number of carbonyl (C=O) groups is 1. The van der Waals surface area contributed by atoms with Gasteiger partial charge in [-0.25, -0.2) is 9.78 Å². The number of H-pyrrole nitrogens is 1. The van der Waals surface area contributed by atoms with Gasteiger partial charge in [0.1, 0.15) is 10.6 Å². The van der Waals surface area contributed by atoms with Gasteiger partial charge in [0.25, 0.3) is 5.56 Å². The summed E-state index contributed by atoms with van der Waals surface area (Å²) in [6.07, 6.45) is 0. The van der Waals surface area contributed by atoms with E-state index in [9.17, 15) is 9.59 Å². The van der Waals surface area contributed by atoms with Gasteiger partial charge in [0.2, 0.25) is 0 Å². The lowest BCUT2D eigenvalue weighted by Gasteiger charge is -2.00. The molecule has 0 aliphatic rings. The molecule has 0 aliphatic heterocycles. The summed E-state index contributed by atoms with van der Waals surface area (Å²) in [5, 5.41) is 9.59. The van der Waals surface area contributed by atoms with Crippen LogP contribution in [0.15, 0.2) is 45.6 Å². The number of thiophene rings is 1. The summed E-state index contributed by atoms with van der Waals surface area (Å²) >= 11 is 1.48. The lowest BCUT2D eigenvalue weighted by Crippen LogP contribution is -2.08. The van der Waals surface area contributed by atoms with E-state index in [0.717, 1.165) is 16.0 Å². The first-order chi connectivity index (χ1) is 12.4. The highest BCUT2D eigenvalue weighted by Crippen LogP contribution is 2.30. The Balaban J connectivity index is 1.75. The molecule has 0 atom stereocenters.